The van der Waals surface area contributed by atoms with E-state index in [1.54, 1.807) is 48.5 Å². The zero-order valence-corrected chi connectivity index (χ0v) is 13.6. The van der Waals surface area contributed by atoms with Crippen molar-refractivity contribution in [3.8, 4) is 33.8 Å². The van der Waals surface area contributed by atoms with E-state index < -0.39 is 17.4 Å². The number of phenolic OH excluding ortho intramolecular Hbond substituents is 2. The fraction of sp³-hybridized carbons (Fsp3) is 0. The highest BCUT2D eigenvalue weighted by Gasteiger charge is 2.24. The fourth-order valence-electron chi connectivity index (χ4n) is 3.25. The van der Waals surface area contributed by atoms with Crippen molar-refractivity contribution in [3.63, 3.8) is 0 Å². The van der Waals surface area contributed by atoms with Crippen molar-refractivity contribution in [2.75, 3.05) is 0 Å². The average Bonchev–Trinajstić information content (AvgIpc) is 2.64. The summed E-state index contributed by atoms with van der Waals surface area (Å²) in [5.41, 5.74) is 0.229. The van der Waals surface area contributed by atoms with Gasteiger partial charge in [0.15, 0.2) is 0 Å². The summed E-state index contributed by atoms with van der Waals surface area (Å²) >= 11 is 0. The Hall–Kier alpha value is -3.40. The zero-order valence-electron chi connectivity index (χ0n) is 13.6. The van der Waals surface area contributed by atoms with Gasteiger partial charge < -0.3 is 10.2 Å². The van der Waals surface area contributed by atoms with E-state index in [1.165, 1.54) is 6.07 Å². The molecule has 0 aliphatic heterocycles. The van der Waals surface area contributed by atoms with Crippen molar-refractivity contribution in [2.24, 2.45) is 0 Å². The van der Waals surface area contributed by atoms with E-state index in [-0.39, 0.29) is 22.4 Å². The highest BCUT2D eigenvalue weighted by Crippen LogP contribution is 2.46. The highest BCUT2D eigenvalue weighted by molar-refractivity contribution is 6.02. The van der Waals surface area contributed by atoms with Crippen LogP contribution >= 0.6 is 0 Å². The molecule has 4 rings (SSSR count). The summed E-state index contributed by atoms with van der Waals surface area (Å²) in [6.45, 7) is 0. The van der Waals surface area contributed by atoms with Crippen LogP contribution in [0.1, 0.15) is 0 Å². The molecule has 2 N–H and O–H groups in total. The zero-order chi connectivity index (χ0) is 18.3. The molecule has 4 heteroatoms. The van der Waals surface area contributed by atoms with E-state index in [0.29, 0.717) is 10.9 Å². The van der Waals surface area contributed by atoms with Crippen molar-refractivity contribution in [3.05, 3.63) is 84.4 Å². The predicted molar refractivity (Wildman–Crippen MR) is 98.1 cm³/mol. The quantitative estimate of drug-likeness (QED) is 0.476. The summed E-state index contributed by atoms with van der Waals surface area (Å²) in [7, 11) is 0. The third kappa shape index (κ3) is 2.47. The van der Waals surface area contributed by atoms with Gasteiger partial charge in [0.2, 0.25) is 0 Å². The summed E-state index contributed by atoms with van der Waals surface area (Å²) in [5.74, 6) is -2.54. The Bertz CT molecular complexity index is 1120. The maximum atomic E-state index is 14.7. The van der Waals surface area contributed by atoms with Gasteiger partial charge in [0.25, 0.3) is 0 Å². The average molecular weight is 348 g/mol. The van der Waals surface area contributed by atoms with Crippen LogP contribution in [0.3, 0.4) is 0 Å². The van der Waals surface area contributed by atoms with Gasteiger partial charge in [0, 0.05) is 11.6 Å². The number of hydrogen-bond acceptors (Lipinski definition) is 2. The third-order valence-corrected chi connectivity index (χ3v) is 4.42. The van der Waals surface area contributed by atoms with Crippen molar-refractivity contribution in [2.45, 2.75) is 0 Å². The molecule has 0 unspecified atom stereocenters. The monoisotopic (exact) mass is 348 g/mol. The molecule has 0 aliphatic carbocycles. The SMILES string of the molecule is Oc1ccc2ccccc2c1-c1c(F)cc(F)c(-c2ccccc2)c1O. The van der Waals surface area contributed by atoms with Crippen molar-refractivity contribution in [1.82, 2.24) is 0 Å². The second kappa shape index (κ2) is 6.15. The molecule has 4 aromatic rings. The van der Waals surface area contributed by atoms with Crippen LogP contribution < -0.4 is 0 Å². The first-order valence-corrected chi connectivity index (χ1v) is 8.05. The molecular weight excluding hydrogens is 334 g/mol. The lowest BCUT2D eigenvalue weighted by molar-refractivity contribution is 0.461. The van der Waals surface area contributed by atoms with E-state index in [1.807, 2.05) is 12.1 Å². The minimum absolute atomic E-state index is 0.102. The molecule has 128 valence electrons. The molecule has 0 aromatic heterocycles. The number of aromatic hydroxyl groups is 2. The van der Waals surface area contributed by atoms with Crippen LogP contribution in [0.15, 0.2) is 72.8 Å². The molecular formula is C22H14F2O2. The molecule has 0 heterocycles. The smallest absolute Gasteiger partial charge is 0.137 e. The normalized spacial score (nSPS) is 11.0. The molecule has 0 radical (unpaired) electrons. The molecule has 0 atom stereocenters. The number of rotatable bonds is 2. The molecule has 0 saturated carbocycles. The first kappa shape index (κ1) is 16.1. The second-order valence-electron chi connectivity index (χ2n) is 5.99. The van der Waals surface area contributed by atoms with Crippen LogP contribution in [0.5, 0.6) is 11.5 Å². The minimum atomic E-state index is -0.939. The summed E-state index contributed by atoms with van der Waals surface area (Å²) in [6.07, 6.45) is 0. The Labute approximate surface area is 148 Å². The number of halogens is 2. The summed E-state index contributed by atoms with van der Waals surface area (Å²) in [5, 5.41) is 22.5. The first-order chi connectivity index (χ1) is 12.6. The Balaban J connectivity index is 2.10. The molecule has 0 fully saturated rings. The minimum Gasteiger partial charge on any atom is -0.507 e. The van der Waals surface area contributed by atoms with Gasteiger partial charge in [0.05, 0.1) is 11.1 Å². The van der Waals surface area contributed by atoms with Gasteiger partial charge in [-0.15, -0.1) is 0 Å². The molecule has 26 heavy (non-hydrogen) atoms. The van der Waals surface area contributed by atoms with Crippen LogP contribution in [0, 0.1) is 11.6 Å². The number of fused-ring (bicyclic) bond motifs is 1. The first-order valence-electron chi connectivity index (χ1n) is 8.05. The third-order valence-electron chi connectivity index (χ3n) is 4.42. The van der Waals surface area contributed by atoms with Gasteiger partial charge in [-0.05, 0) is 22.4 Å². The van der Waals surface area contributed by atoms with Crippen molar-refractivity contribution >= 4 is 10.8 Å². The highest BCUT2D eigenvalue weighted by atomic mass is 19.1. The fourth-order valence-corrected chi connectivity index (χ4v) is 3.25. The van der Waals surface area contributed by atoms with E-state index in [9.17, 15) is 19.0 Å². The Morgan fingerprint density at radius 1 is 0.615 bits per heavy atom. The molecule has 0 aliphatic rings. The Morgan fingerprint density at radius 3 is 2.04 bits per heavy atom. The number of phenols is 2. The Kier molecular flexibility index (Phi) is 3.81. The molecule has 0 bridgehead atoms. The summed E-state index contributed by atoms with van der Waals surface area (Å²) in [6, 6.07) is 19.4. The molecule has 0 saturated heterocycles. The molecule has 4 aromatic carbocycles. The maximum absolute atomic E-state index is 14.7. The standard InChI is InChI=1S/C22H14F2O2/c23-16-12-17(24)21(22(26)19(16)14-7-2-1-3-8-14)20-15-9-5-4-6-13(15)10-11-18(20)25/h1-12,25-26H. The summed E-state index contributed by atoms with van der Waals surface area (Å²) < 4.78 is 29.1. The Morgan fingerprint density at radius 2 is 1.27 bits per heavy atom. The molecule has 0 spiro atoms. The van der Waals surface area contributed by atoms with E-state index in [4.69, 9.17) is 0 Å². The van der Waals surface area contributed by atoms with E-state index in [2.05, 4.69) is 0 Å². The van der Waals surface area contributed by atoms with E-state index in [0.717, 1.165) is 11.5 Å². The van der Waals surface area contributed by atoms with Gasteiger partial charge in [-0.3, -0.25) is 0 Å². The van der Waals surface area contributed by atoms with Gasteiger partial charge in [-0.1, -0.05) is 60.7 Å². The largest absolute Gasteiger partial charge is 0.507 e. The lowest BCUT2D eigenvalue weighted by Gasteiger charge is -2.15. The van der Waals surface area contributed by atoms with Crippen LogP contribution in [0.2, 0.25) is 0 Å². The number of benzene rings is 4. The molecule has 0 amide bonds. The van der Waals surface area contributed by atoms with Gasteiger partial charge >= 0.3 is 0 Å². The van der Waals surface area contributed by atoms with Crippen molar-refractivity contribution in [1.29, 1.82) is 0 Å². The maximum Gasteiger partial charge on any atom is 0.137 e. The topological polar surface area (TPSA) is 40.5 Å². The van der Waals surface area contributed by atoms with Gasteiger partial charge in [-0.2, -0.15) is 0 Å². The lowest BCUT2D eigenvalue weighted by Crippen LogP contribution is -1.95. The summed E-state index contributed by atoms with van der Waals surface area (Å²) in [4.78, 5) is 0. The predicted octanol–water partition coefficient (Wildman–Crippen LogP) is 5.86. The van der Waals surface area contributed by atoms with Crippen LogP contribution in [-0.2, 0) is 0 Å². The van der Waals surface area contributed by atoms with Gasteiger partial charge in [0.1, 0.15) is 23.1 Å². The van der Waals surface area contributed by atoms with Gasteiger partial charge in [-0.25, -0.2) is 8.78 Å². The van der Waals surface area contributed by atoms with Crippen LogP contribution in [0.25, 0.3) is 33.0 Å². The molecule has 2 nitrogen and oxygen atoms in total. The lowest BCUT2D eigenvalue weighted by atomic mass is 9.92. The van der Waals surface area contributed by atoms with Crippen molar-refractivity contribution < 1.29 is 19.0 Å². The van der Waals surface area contributed by atoms with Crippen LogP contribution in [0.4, 0.5) is 8.78 Å². The van der Waals surface area contributed by atoms with Crippen LogP contribution in [-0.4, -0.2) is 10.2 Å². The number of hydrogen-bond donors (Lipinski definition) is 2. The van der Waals surface area contributed by atoms with E-state index >= 15 is 0 Å². The second-order valence-corrected chi connectivity index (χ2v) is 5.99.